The number of carbonyl (C=O) groups excluding carboxylic acids is 1. The third kappa shape index (κ3) is 4.25. The summed E-state index contributed by atoms with van der Waals surface area (Å²) in [6.45, 7) is 1.48. The fourth-order valence-electron chi connectivity index (χ4n) is 2.33. The van der Waals surface area contributed by atoms with Crippen LogP contribution in [0.1, 0.15) is 12.5 Å². The smallest absolute Gasteiger partial charge is 0.418 e. The minimum Gasteiger partial charge on any atom is -0.431 e. The van der Waals surface area contributed by atoms with E-state index in [0.29, 0.717) is 17.2 Å². The molecule has 2 aromatic carbocycles. The van der Waals surface area contributed by atoms with Crippen LogP contribution in [0.5, 0.6) is 0 Å². The molecule has 3 aromatic rings. The molecular formula is C17H12F3N3O4S. The molecule has 0 aliphatic heterocycles. The Labute approximate surface area is 160 Å². The number of nitro groups is 1. The van der Waals surface area contributed by atoms with Crippen LogP contribution in [0.3, 0.4) is 0 Å². The van der Waals surface area contributed by atoms with Crippen molar-refractivity contribution in [3.63, 3.8) is 0 Å². The number of rotatable bonds is 5. The number of nitrogens with one attached hydrogen (secondary N) is 1. The second-order valence-electron chi connectivity index (χ2n) is 5.68. The Kier molecular flexibility index (Phi) is 5.27. The lowest BCUT2D eigenvalue weighted by Gasteiger charge is -2.15. The molecule has 0 fully saturated rings. The van der Waals surface area contributed by atoms with Gasteiger partial charge in [0.15, 0.2) is 5.58 Å². The number of amides is 1. The van der Waals surface area contributed by atoms with Crippen LogP contribution in [0.15, 0.2) is 52.1 Å². The number of hydrogen-bond donors (Lipinski definition) is 1. The largest absolute Gasteiger partial charge is 0.431 e. The summed E-state index contributed by atoms with van der Waals surface area (Å²) in [6, 6.07) is 9.07. The number of aromatic nitrogens is 1. The molecule has 146 valence electrons. The maximum atomic E-state index is 13.2. The summed E-state index contributed by atoms with van der Waals surface area (Å²) in [7, 11) is 0. The van der Waals surface area contributed by atoms with Gasteiger partial charge in [-0.2, -0.15) is 13.2 Å². The molecule has 0 aliphatic rings. The van der Waals surface area contributed by atoms with Gasteiger partial charge in [-0.25, -0.2) is 4.98 Å². The molecule has 0 spiro atoms. The summed E-state index contributed by atoms with van der Waals surface area (Å²) in [6.07, 6.45) is -4.87. The Bertz CT molecular complexity index is 1020. The Balaban J connectivity index is 1.78. The molecule has 1 N–H and O–H groups in total. The maximum Gasteiger partial charge on any atom is 0.418 e. The third-order valence-electron chi connectivity index (χ3n) is 3.70. The van der Waals surface area contributed by atoms with Gasteiger partial charge in [0.05, 0.1) is 21.4 Å². The molecule has 3 rings (SSSR count). The molecule has 0 radical (unpaired) electrons. The predicted molar refractivity (Wildman–Crippen MR) is 96.1 cm³/mol. The van der Waals surface area contributed by atoms with E-state index in [9.17, 15) is 28.1 Å². The van der Waals surface area contributed by atoms with Crippen LogP contribution >= 0.6 is 11.8 Å². The van der Waals surface area contributed by atoms with Gasteiger partial charge >= 0.3 is 6.18 Å². The highest BCUT2D eigenvalue weighted by atomic mass is 32.2. The van der Waals surface area contributed by atoms with Crippen LogP contribution in [0.4, 0.5) is 24.5 Å². The van der Waals surface area contributed by atoms with Gasteiger partial charge in [-0.1, -0.05) is 23.9 Å². The first-order chi connectivity index (χ1) is 13.1. The lowest BCUT2D eigenvalue weighted by molar-refractivity contribution is -0.385. The lowest BCUT2D eigenvalue weighted by atomic mass is 10.1. The number of nitro benzene ring substituents is 1. The Morgan fingerprint density at radius 3 is 2.64 bits per heavy atom. The molecule has 7 nitrogen and oxygen atoms in total. The van der Waals surface area contributed by atoms with Gasteiger partial charge in [-0.3, -0.25) is 14.9 Å². The van der Waals surface area contributed by atoms with E-state index in [0.717, 1.165) is 23.9 Å². The molecule has 0 saturated carbocycles. The topological polar surface area (TPSA) is 98.3 Å². The van der Waals surface area contributed by atoms with Gasteiger partial charge in [-0.05, 0) is 25.1 Å². The van der Waals surface area contributed by atoms with E-state index in [1.54, 1.807) is 24.3 Å². The van der Waals surface area contributed by atoms with Gasteiger partial charge in [0, 0.05) is 12.1 Å². The zero-order valence-electron chi connectivity index (χ0n) is 14.2. The summed E-state index contributed by atoms with van der Waals surface area (Å²) >= 11 is 0.939. The molecule has 1 heterocycles. The zero-order chi connectivity index (χ0) is 20.5. The first-order valence-electron chi connectivity index (χ1n) is 7.84. The fraction of sp³-hybridized carbons (Fsp3) is 0.176. The van der Waals surface area contributed by atoms with E-state index in [4.69, 9.17) is 4.42 Å². The number of fused-ring (bicyclic) bond motifs is 1. The monoisotopic (exact) mass is 411 g/mol. The lowest BCUT2D eigenvalue weighted by Crippen LogP contribution is -2.24. The standard InChI is InChI=1S/C17H12F3N3O4S/c1-9(28-16-22-13-4-2-3-5-14(13)27-16)15(24)21-12-7-6-10(23(25)26)8-11(12)17(18,19)20/h2-9H,1H3,(H,21,24)/t9-/m1/s1. The molecule has 0 bridgehead atoms. The number of alkyl halides is 3. The first kappa shape index (κ1) is 19.7. The van der Waals surface area contributed by atoms with Crippen LogP contribution < -0.4 is 5.32 Å². The zero-order valence-corrected chi connectivity index (χ0v) is 15.0. The number of halogens is 3. The minimum absolute atomic E-state index is 0.198. The Hall–Kier alpha value is -3.08. The van der Waals surface area contributed by atoms with Crippen LogP contribution in [0.25, 0.3) is 11.1 Å². The summed E-state index contributed by atoms with van der Waals surface area (Å²) in [4.78, 5) is 26.3. The normalized spacial score (nSPS) is 12.7. The van der Waals surface area contributed by atoms with Crippen molar-refractivity contribution >= 4 is 40.1 Å². The quantitative estimate of drug-likeness (QED) is 0.365. The maximum absolute atomic E-state index is 13.2. The number of benzene rings is 2. The van der Waals surface area contributed by atoms with Gasteiger partial charge in [0.2, 0.25) is 5.91 Å². The average molecular weight is 411 g/mol. The third-order valence-corrected chi connectivity index (χ3v) is 4.64. The molecule has 0 aliphatic carbocycles. The van der Waals surface area contributed by atoms with Crippen molar-refractivity contribution in [2.24, 2.45) is 0 Å². The summed E-state index contributed by atoms with van der Waals surface area (Å²) < 4.78 is 45.1. The van der Waals surface area contributed by atoms with Gasteiger partial charge in [0.1, 0.15) is 5.52 Å². The van der Waals surface area contributed by atoms with E-state index >= 15 is 0 Å². The number of oxazole rings is 1. The molecular weight excluding hydrogens is 399 g/mol. The van der Waals surface area contributed by atoms with Crippen LogP contribution in [-0.2, 0) is 11.0 Å². The second kappa shape index (κ2) is 7.50. The van der Waals surface area contributed by atoms with Gasteiger partial charge in [0.25, 0.3) is 10.9 Å². The Morgan fingerprint density at radius 1 is 1.29 bits per heavy atom. The second-order valence-corrected chi connectivity index (χ2v) is 6.97. The number of non-ortho nitro benzene ring substituents is 1. The average Bonchev–Trinajstić information content (AvgIpc) is 3.03. The van der Waals surface area contributed by atoms with Crippen molar-refractivity contribution in [2.75, 3.05) is 5.32 Å². The molecule has 28 heavy (non-hydrogen) atoms. The first-order valence-corrected chi connectivity index (χ1v) is 8.72. The van der Waals surface area contributed by atoms with Crippen molar-refractivity contribution < 1.29 is 27.3 Å². The van der Waals surface area contributed by atoms with Crippen molar-refractivity contribution in [2.45, 2.75) is 23.6 Å². The van der Waals surface area contributed by atoms with E-state index < -0.39 is 39.2 Å². The van der Waals surface area contributed by atoms with E-state index in [2.05, 4.69) is 10.3 Å². The van der Waals surface area contributed by atoms with E-state index in [1.807, 2.05) is 0 Å². The van der Waals surface area contributed by atoms with Gasteiger partial charge in [-0.15, -0.1) is 0 Å². The molecule has 1 aromatic heterocycles. The number of anilines is 1. The molecule has 1 amide bonds. The van der Waals surface area contributed by atoms with E-state index in [1.165, 1.54) is 6.92 Å². The van der Waals surface area contributed by atoms with Crippen LogP contribution in [0, 0.1) is 10.1 Å². The van der Waals surface area contributed by atoms with Crippen LogP contribution in [-0.4, -0.2) is 21.1 Å². The van der Waals surface area contributed by atoms with Crippen molar-refractivity contribution in [1.82, 2.24) is 4.98 Å². The summed E-state index contributed by atoms with van der Waals surface area (Å²) in [5.41, 5.74) is -1.47. The predicted octanol–water partition coefficient (Wildman–Crippen LogP) is 4.87. The highest BCUT2D eigenvalue weighted by Crippen LogP contribution is 2.37. The molecule has 1 atom stereocenters. The van der Waals surface area contributed by atoms with Gasteiger partial charge < -0.3 is 9.73 Å². The molecule has 0 saturated heterocycles. The summed E-state index contributed by atoms with van der Waals surface area (Å²) in [5, 5.41) is 12.3. The summed E-state index contributed by atoms with van der Waals surface area (Å²) in [5.74, 6) is -0.730. The number of nitrogens with zero attached hydrogens (tertiary/aromatic N) is 2. The number of para-hydroxylation sites is 2. The highest BCUT2D eigenvalue weighted by Gasteiger charge is 2.36. The number of carbonyl (C=O) groups is 1. The van der Waals surface area contributed by atoms with Crippen LogP contribution in [0.2, 0.25) is 0 Å². The van der Waals surface area contributed by atoms with Crippen molar-refractivity contribution in [3.05, 3.63) is 58.1 Å². The van der Waals surface area contributed by atoms with E-state index in [-0.39, 0.29) is 5.22 Å². The SMILES string of the molecule is C[C@@H](Sc1nc2ccccc2o1)C(=O)Nc1ccc([N+](=O)[O-])cc1C(F)(F)F. The Morgan fingerprint density at radius 2 is 2.00 bits per heavy atom. The molecule has 11 heteroatoms. The van der Waals surface area contributed by atoms with Crippen molar-refractivity contribution in [1.29, 1.82) is 0 Å². The fourth-order valence-corrected chi connectivity index (χ4v) is 3.09. The highest BCUT2D eigenvalue weighted by molar-refractivity contribution is 8.00. The number of thioether (sulfide) groups is 1. The molecule has 0 unspecified atom stereocenters. The van der Waals surface area contributed by atoms with Crippen molar-refractivity contribution in [3.8, 4) is 0 Å². The number of hydrogen-bond acceptors (Lipinski definition) is 6. The minimum atomic E-state index is -4.87.